The molecule has 0 spiro atoms. The van der Waals surface area contributed by atoms with Gasteiger partial charge in [-0.1, -0.05) is 50.8 Å². The third kappa shape index (κ3) is 5.97. The number of benzene rings is 1. The molecule has 0 radical (unpaired) electrons. The van der Waals surface area contributed by atoms with Crippen molar-refractivity contribution >= 4 is 11.5 Å². The summed E-state index contributed by atoms with van der Waals surface area (Å²) in [5.41, 5.74) is 8.65. The van der Waals surface area contributed by atoms with Crippen molar-refractivity contribution in [3.05, 3.63) is 107 Å². The summed E-state index contributed by atoms with van der Waals surface area (Å²) in [5.74, 6) is -1.12. The van der Waals surface area contributed by atoms with E-state index in [4.69, 9.17) is 14.7 Å². The summed E-state index contributed by atoms with van der Waals surface area (Å²) in [6.45, 7) is 13.8. The van der Waals surface area contributed by atoms with Crippen molar-refractivity contribution in [3.8, 4) is 17.1 Å². The SMILES string of the molecule is C=CC(F)(F)c1ccc(C2C(C)=NC(C3(C)CCN(C4=NC=C(C)Cc5[nH]c(-c6ccc(OC)nc6)cc54)CC3)=CC2CC)cc1. The third-order valence-electron chi connectivity index (χ3n) is 9.97. The van der Waals surface area contributed by atoms with Crippen LogP contribution < -0.4 is 4.74 Å². The molecule has 5 heterocycles. The number of nitrogens with zero attached hydrogens (tertiary/aromatic N) is 4. The summed E-state index contributed by atoms with van der Waals surface area (Å²) in [6, 6.07) is 12.8. The van der Waals surface area contributed by atoms with Crippen molar-refractivity contribution in [2.45, 2.75) is 65.2 Å². The lowest BCUT2D eigenvalue weighted by Gasteiger charge is -2.43. The van der Waals surface area contributed by atoms with E-state index in [0.717, 1.165) is 84.1 Å². The van der Waals surface area contributed by atoms with Crippen molar-refractivity contribution in [1.29, 1.82) is 0 Å². The Labute approximate surface area is 270 Å². The Morgan fingerprint density at radius 2 is 1.87 bits per heavy atom. The van der Waals surface area contributed by atoms with E-state index in [0.29, 0.717) is 12.0 Å². The predicted octanol–water partition coefficient (Wildman–Crippen LogP) is 8.84. The second-order valence-electron chi connectivity index (χ2n) is 13.1. The summed E-state index contributed by atoms with van der Waals surface area (Å²) in [4.78, 5) is 20.7. The van der Waals surface area contributed by atoms with Crippen LogP contribution in [-0.4, -0.2) is 46.6 Å². The zero-order valence-electron chi connectivity index (χ0n) is 27.4. The number of piperidine rings is 1. The molecule has 46 heavy (non-hydrogen) atoms. The topological polar surface area (TPSA) is 65.9 Å². The zero-order chi connectivity index (χ0) is 32.6. The van der Waals surface area contributed by atoms with Gasteiger partial charge in [0.05, 0.1) is 7.11 Å². The molecule has 0 bridgehead atoms. The lowest BCUT2D eigenvalue weighted by molar-refractivity contribution is 0.0525. The van der Waals surface area contributed by atoms with Gasteiger partial charge in [0, 0.05) is 88.8 Å². The minimum atomic E-state index is -3.04. The van der Waals surface area contributed by atoms with Crippen LogP contribution in [0.1, 0.15) is 75.3 Å². The van der Waals surface area contributed by atoms with Crippen LogP contribution in [0.5, 0.6) is 5.88 Å². The standard InChI is InChI=1S/C38H43F2N5O/c1-7-26-20-33(43-25(4)35(26)27-9-12-29(13-10-27)38(39,40)8-2)37(5)15-17-45(18-16-37)36-30-21-31(28-11-14-34(46-6)41-23-28)44-32(30)19-24(3)22-42-36/h8-14,20-23,26,35,44H,2,7,15-19H2,1,3-6H3. The molecule has 3 aliphatic heterocycles. The number of aromatic amines is 1. The number of hydrogen-bond donors (Lipinski definition) is 1. The molecule has 0 saturated carbocycles. The highest BCUT2D eigenvalue weighted by molar-refractivity contribution is 6.02. The number of amidine groups is 1. The van der Waals surface area contributed by atoms with Crippen LogP contribution in [0.4, 0.5) is 8.78 Å². The number of rotatable bonds is 7. The fourth-order valence-electron chi connectivity index (χ4n) is 7.05. The van der Waals surface area contributed by atoms with Gasteiger partial charge in [-0.25, -0.2) is 9.98 Å². The zero-order valence-corrected chi connectivity index (χ0v) is 27.4. The Hall–Kier alpha value is -4.33. The first-order valence-corrected chi connectivity index (χ1v) is 16.2. The molecule has 3 aromatic rings. The summed E-state index contributed by atoms with van der Waals surface area (Å²) < 4.78 is 33.6. The maximum absolute atomic E-state index is 14.2. The molecule has 6 rings (SSSR count). The predicted molar refractivity (Wildman–Crippen MR) is 182 cm³/mol. The molecule has 1 aromatic carbocycles. The van der Waals surface area contributed by atoms with E-state index < -0.39 is 5.92 Å². The normalized spacial score (nSPS) is 21.3. The van der Waals surface area contributed by atoms with Crippen molar-refractivity contribution in [1.82, 2.24) is 14.9 Å². The third-order valence-corrected chi connectivity index (χ3v) is 9.97. The highest BCUT2D eigenvalue weighted by Gasteiger charge is 2.39. The first-order valence-electron chi connectivity index (χ1n) is 16.2. The Morgan fingerprint density at radius 1 is 1.13 bits per heavy atom. The number of fused-ring (bicyclic) bond motifs is 1. The Balaban J connectivity index is 1.20. The molecule has 1 saturated heterocycles. The van der Waals surface area contributed by atoms with Gasteiger partial charge in [0.25, 0.3) is 5.92 Å². The number of pyridine rings is 1. The molecule has 2 aromatic heterocycles. The second-order valence-corrected chi connectivity index (χ2v) is 13.1. The highest BCUT2D eigenvalue weighted by atomic mass is 19.3. The fraction of sp³-hybridized carbons (Fsp3) is 0.395. The van der Waals surface area contributed by atoms with Crippen LogP contribution >= 0.6 is 0 Å². The maximum atomic E-state index is 14.2. The van der Waals surface area contributed by atoms with E-state index in [2.05, 4.69) is 61.3 Å². The smallest absolute Gasteiger partial charge is 0.291 e. The molecular weight excluding hydrogens is 580 g/mol. The van der Waals surface area contributed by atoms with E-state index >= 15 is 0 Å². The summed E-state index contributed by atoms with van der Waals surface area (Å²) in [6.07, 6.45) is 10.6. The number of H-pyrrole nitrogens is 1. The second kappa shape index (κ2) is 12.5. The molecule has 240 valence electrons. The number of halogens is 2. The van der Waals surface area contributed by atoms with Crippen molar-refractivity contribution < 1.29 is 13.5 Å². The van der Waals surface area contributed by atoms with E-state index in [1.165, 1.54) is 17.7 Å². The molecule has 0 aliphatic carbocycles. The van der Waals surface area contributed by atoms with Crippen molar-refractivity contribution in [2.24, 2.45) is 21.3 Å². The fourth-order valence-corrected chi connectivity index (χ4v) is 7.05. The number of ether oxygens (including phenoxy) is 1. The summed E-state index contributed by atoms with van der Waals surface area (Å²) in [5, 5.41) is 0. The van der Waals surface area contributed by atoms with E-state index in [1.807, 2.05) is 36.7 Å². The van der Waals surface area contributed by atoms with Gasteiger partial charge in [-0.05, 0) is 68.4 Å². The lowest BCUT2D eigenvalue weighted by Crippen LogP contribution is -2.43. The number of allylic oxidation sites excluding steroid dienone is 4. The minimum Gasteiger partial charge on any atom is -0.481 e. The number of alkyl halides is 2. The monoisotopic (exact) mass is 623 g/mol. The first kappa shape index (κ1) is 31.6. The number of hydrogen-bond acceptors (Lipinski definition) is 5. The van der Waals surface area contributed by atoms with Gasteiger partial charge in [0.1, 0.15) is 5.84 Å². The first-order chi connectivity index (χ1) is 22.0. The van der Waals surface area contributed by atoms with Crippen LogP contribution in [0.2, 0.25) is 0 Å². The molecule has 8 heteroatoms. The molecule has 2 unspecified atom stereocenters. The number of likely N-dealkylation sites (tertiary alicyclic amines) is 1. The van der Waals surface area contributed by atoms with Gasteiger partial charge in [-0.2, -0.15) is 8.78 Å². The molecular formula is C38H43F2N5O. The van der Waals surface area contributed by atoms with Crippen molar-refractivity contribution in [2.75, 3.05) is 20.2 Å². The van der Waals surface area contributed by atoms with Crippen LogP contribution in [-0.2, 0) is 12.3 Å². The van der Waals surface area contributed by atoms with Crippen molar-refractivity contribution in [3.63, 3.8) is 0 Å². The van der Waals surface area contributed by atoms with Crippen LogP contribution in [0.15, 0.2) is 94.8 Å². The van der Waals surface area contributed by atoms with E-state index in [9.17, 15) is 8.78 Å². The molecule has 2 atom stereocenters. The van der Waals surface area contributed by atoms with E-state index in [1.54, 1.807) is 7.11 Å². The molecule has 1 fully saturated rings. The Bertz CT molecular complexity index is 1720. The highest BCUT2D eigenvalue weighted by Crippen LogP contribution is 2.45. The average molecular weight is 624 g/mol. The number of nitrogens with one attached hydrogen (secondary N) is 1. The Morgan fingerprint density at radius 3 is 2.50 bits per heavy atom. The van der Waals surface area contributed by atoms with Crippen LogP contribution in [0.25, 0.3) is 11.3 Å². The largest absolute Gasteiger partial charge is 0.481 e. The number of aromatic nitrogens is 2. The number of aliphatic imine (C=N–C) groups is 2. The molecule has 6 nitrogen and oxygen atoms in total. The van der Waals surface area contributed by atoms with Crippen LogP contribution in [0, 0.1) is 11.3 Å². The Kier molecular flexibility index (Phi) is 8.57. The maximum Gasteiger partial charge on any atom is 0.291 e. The van der Waals surface area contributed by atoms with Gasteiger partial charge < -0.3 is 14.6 Å². The number of methoxy groups -OCH3 is 1. The summed E-state index contributed by atoms with van der Waals surface area (Å²) in [7, 11) is 1.62. The van der Waals surface area contributed by atoms with Gasteiger partial charge in [0.15, 0.2) is 0 Å². The van der Waals surface area contributed by atoms with Gasteiger partial charge in [-0.3, -0.25) is 4.99 Å². The van der Waals surface area contributed by atoms with Crippen LogP contribution in [0.3, 0.4) is 0 Å². The summed E-state index contributed by atoms with van der Waals surface area (Å²) >= 11 is 0. The van der Waals surface area contributed by atoms with Gasteiger partial charge in [0.2, 0.25) is 5.88 Å². The quantitative estimate of drug-likeness (QED) is 0.268. The molecule has 1 N–H and O–H groups in total. The van der Waals surface area contributed by atoms with E-state index in [-0.39, 0.29) is 22.8 Å². The molecule has 0 amide bonds. The molecule has 3 aliphatic rings. The van der Waals surface area contributed by atoms with Gasteiger partial charge >= 0.3 is 0 Å². The van der Waals surface area contributed by atoms with Gasteiger partial charge in [-0.15, -0.1) is 0 Å². The minimum absolute atomic E-state index is 0.0372. The average Bonchev–Trinajstić information content (AvgIpc) is 3.41. The lowest BCUT2D eigenvalue weighted by atomic mass is 9.72.